The number of aryl methyl sites for hydroxylation is 1. The van der Waals surface area contributed by atoms with Crippen LogP contribution in [-0.4, -0.2) is 9.59 Å². The van der Waals surface area contributed by atoms with Crippen LogP contribution in [-0.2, 0) is 6.42 Å². The SMILES string of the molecule is CCCc1cccc(C(N)c2cnns2)c1. The van der Waals surface area contributed by atoms with E-state index in [9.17, 15) is 0 Å². The van der Waals surface area contributed by atoms with Crippen LogP contribution >= 0.6 is 11.5 Å². The summed E-state index contributed by atoms with van der Waals surface area (Å²) in [6.07, 6.45) is 3.99. The summed E-state index contributed by atoms with van der Waals surface area (Å²) in [7, 11) is 0. The third-order valence-electron chi connectivity index (χ3n) is 2.53. The first kappa shape index (κ1) is 11.2. The van der Waals surface area contributed by atoms with Gasteiger partial charge in [-0.05, 0) is 29.1 Å². The molecule has 0 aliphatic heterocycles. The molecule has 16 heavy (non-hydrogen) atoms. The number of aromatic nitrogens is 2. The van der Waals surface area contributed by atoms with Gasteiger partial charge >= 0.3 is 0 Å². The molecule has 0 saturated heterocycles. The highest BCUT2D eigenvalue weighted by Crippen LogP contribution is 2.22. The van der Waals surface area contributed by atoms with E-state index in [0.717, 1.165) is 23.3 Å². The van der Waals surface area contributed by atoms with Gasteiger partial charge in [-0.15, -0.1) is 5.10 Å². The van der Waals surface area contributed by atoms with E-state index in [1.807, 2.05) is 0 Å². The predicted octanol–water partition coefficient (Wildman–Crippen LogP) is 2.54. The molecular formula is C12H15N3S. The van der Waals surface area contributed by atoms with Gasteiger partial charge in [0.15, 0.2) is 0 Å². The van der Waals surface area contributed by atoms with Gasteiger partial charge in [-0.3, -0.25) is 0 Å². The molecule has 1 heterocycles. The molecule has 1 aromatic carbocycles. The van der Waals surface area contributed by atoms with Crippen LogP contribution in [0.3, 0.4) is 0 Å². The zero-order valence-corrected chi connectivity index (χ0v) is 10.1. The van der Waals surface area contributed by atoms with Crippen LogP contribution in [0.4, 0.5) is 0 Å². The van der Waals surface area contributed by atoms with Crippen molar-refractivity contribution in [2.45, 2.75) is 25.8 Å². The Balaban J connectivity index is 2.23. The van der Waals surface area contributed by atoms with Crippen LogP contribution in [0, 0.1) is 0 Å². The summed E-state index contributed by atoms with van der Waals surface area (Å²) in [4.78, 5) is 1.01. The second kappa shape index (κ2) is 5.18. The van der Waals surface area contributed by atoms with Gasteiger partial charge in [-0.25, -0.2) is 0 Å². The van der Waals surface area contributed by atoms with Crippen molar-refractivity contribution in [1.82, 2.24) is 9.59 Å². The molecule has 0 aliphatic carbocycles. The molecule has 0 saturated carbocycles. The van der Waals surface area contributed by atoms with E-state index in [4.69, 9.17) is 5.73 Å². The number of benzene rings is 1. The van der Waals surface area contributed by atoms with Gasteiger partial charge in [0.1, 0.15) is 0 Å². The number of hydrogen-bond donors (Lipinski definition) is 1. The highest BCUT2D eigenvalue weighted by atomic mass is 32.1. The van der Waals surface area contributed by atoms with Gasteiger partial charge in [-0.2, -0.15) is 0 Å². The van der Waals surface area contributed by atoms with E-state index >= 15 is 0 Å². The Bertz CT molecular complexity index is 439. The summed E-state index contributed by atoms with van der Waals surface area (Å²) in [5.74, 6) is 0. The average Bonchev–Trinajstić information content (AvgIpc) is 2.82. The van der Waals surface area contributed by atoms with Crippen molar-refractivity contribution >= 4 is 11.5 Å². The normalized spacial score (nSPS) is 12.6. The van der Waals surface area contributed by atoms with Crippen LogP contribution < -0.4 is 5.73 Å². The standard InChI is InChI=1S/C12H15N3S/c1-2-4-9-5-3-6-10(7-9)12(13)11-8-14-15-16-11/h3,5-8,12H,2,4,13H2,1H3. The van der Waals surface area contributed by atoms with Crippen LogP contribution in [0.1, 0.15) is 35.4 Å². The summed E-state index contributed by atoms with van der Waals surface area (Å²) >= 11 is 1.36. The molecule has 1 atom stereocenters. The molecule has 84 valence electrons. The summed E-state index contributed by atoms with van der Waals surface area (Å²) in [6, 6.07) is 8.34. The van der Waals surface area contributed by atoms with Crippen molar-refractivity contribution in [2.24, 2.45) is 5.73 Å². The maximum Gasteiger partial charge on any atom is 0.0678 e. The largest absolute Gasteiger partial charge is 0.320 e. The van der Waals surface area contributed by atoms with Crippen molar-refractivity contribution in [3.8, 4) is 0 Å². The highest BCUT2D eigenvalue weighted by molar-refractivity contribution is 7.05. The zero-order chi connectivity index (χ0) is 11.4. The molecule has 2 N–H and O–H groups in total. The fourth-order valence-corrected chi connectivity index (χ4v) is 2.24. The number of nitrogens with zero attached hydrogens (tertiary/aromatic N) is 2. The molecule has 2 aromatic rings. The lowest BCUT2D eigenvalue weighted by molar-refractivity contribution is 0.871. The minimum atomic E-state index is -0.100. The number of hydrogen-bond acceptors (Lipinski definition) is 4. The molecule has 1 aromatic heterocycles. The Hall–Kier alpha value is -1.26. The fourth-order valence-electron chi connectivity index (χ4n) is 1.71. The average molecular weight is 233 g/mol. The van der Waals surface area contributed by atoms with Gasteiger partial charge in [0.2, 0.25) is 0 Å². The van der Waals surface area contributed by atoms with Gasteiger partial charge < -0.3 is 5.73 Å². The number of nitrogens with two attached hydrogens (primary N) is 1. The quantitative estimate of drug-likeness (QED) is 0.883. The third kappa shape index (κ3) is 2.46. The van der Waals surface area contributed by atoms with Crippen molar-refractivity contribution in [3.05, 3.63) is 46.5 Å². The first-order valence-corrected chi connectivity index (χ1v) is 6.20. The summed E-state index contributed by atoms with van der Waals surface area (Å²) < 4.78 is 3.84. The molecule has 0 aliphatic rings. The lowest BCUT2D eigenvalue weighted by atomic mass is 10.0. The highest BCUT2D eigenvalue weighted by Gasteiger charge is 2.11. The molecule has 0 bridgehead atoms. The van der Waals surface area contributed by atoms with E-state index in [2.05, 4.69) is 40.8 Å². The molecule has 2 rings (SSSR count). The lowest BCUT2D eigenvalue weighted by Gasteiger charge is -2.10. The van der Waals surface area contributed by atoms with Crippen LogP contribution in [0.25, 0.3) is 0 Å². The van der Waals surface area contributed by atoms with Crippen molar-refractivity contribution in [2.75, 3.05) is 0 Å². The maximum absolute atomic E-state index is 6.16. The lowest BCUT2D eigenvalue weighted by Crippen LogP contribution is -2.10. The molecule has 1 unspecified atom stereocenters. The topological polar surface area (TPSA) is 51.8 Å². The molecule has 0 spiro atoms. The second-order valence-corrected chi connectivity index (χ2v) is 4.61. The van der Waals surface area contributed by atoms with Crippen LogP contribution in [0.5, 0.6) is 0 Å². The van der Waals surface area contributed by atoms with Gasteiger partial charge in [0.05, 0.1) is 17.1 Å². The smallest absolute Gasteiger partial charge is 0.0678 e. The Morgan fingerprint density at radius 2 is 2.31 bits per heavy atom. The minimum Gasteiger partial charge on any atom is -0.320 e. The summed E-state index contributed by atoms with van der Waals surface area (Å²) in [5, 5.41) is 3.82. The monoisotopic (exact) mass is 233 g/mol. The van der Waals surface area contributed by atoms with Gasteiger partial charge in [-0.1, -0.05) is 42.1 Å². The summed E-state index contributed by atoms with van der Waals surface area (Å²) in [6.45, 7) is 2.18. The molecule has 3 nitrogen and oxygen atoms in total. The van der Waals surface area contributed by atoms with E-state index in [0.29, 0.717) is 0 Å². The van der Waals surface area contributed by atoms with E-state index < -0.39 is 0 Å². The predicted molar refractivity (Wildman–Crippen MR) is 66.4 cm³/mol. The van der Waals surface area contributed by atoms with Crippen molar-refractivity contribution in [3.63, 3.8) is 0 Å². The van der Waals surface area contributed by atoms with Gasteiger partial charge in [0, 0.05) is 0 Å². The Morgan fingerprint density at radius 1 is 1.44 bits per heavy atom. The molecule has 0 amide bonds. The van der Waals surface area contributed by atoms with E-state index in [1.54, 1.807) is 6.20 Å². The van der Waals surface area contributed by atoms with Crippen molar-refractivity contribution < 1.29 is 0 Å². The first-order chi connectivity index (χ1) is 7.81. The van der Waals surface area contributed by atoms with Crippen molar-refractivity contribution in [1.29, 1.82) is 0 Å². The Labute approximate surface area is 99.5 Å². The molecule has 4 heteroatoms. The third-order valence-corrected chi connectivity index (χ3v) is 3.28. The molecule has 0 radical (unpaired) electrons. The molecule has 0 fully saturated rings. The van der Waals surface area contributed by atoms with Crippen LogP contribution in [0.15, 0.2) is 30.5 Å². The minimum absolute atomic E-state index is 0.100. The zero-order valence-electron chi connectivity index (χ0n) is 9.26. The number of rotatable bonds is 4. The Morgan fingerprint density at radius 3 is 3.00 bits per heavy atom. The van der Waals surface area contributed by atoms with Gasteiger partial charge in [0.25, 0.3) is 0 Å². The Kier molecular flexibility index (Phi) is 3.64. The van der Waals surface area contributed by atoms with E-state index in [-0.39, 0.29) is 6.04 Å². The summed E-state index contributed by atoms with van der Waals surface area (Å²) in [5.41, 5.74) is 8.63. The fraction of sp³-hybridized carbons (Fsp3) is 0.333. The molecular weight excluding hydrogens is 218 g/mol. The first-order valence-electron chi connectivity index (χ1n) is 5.43. The van der Waals surface area contributed by atoms with E-state index in [1.165, 1.54) is 17.1 Å². The maximum atomic E-state index is 6.16. The van der Waals surface area contributed by atoms with Crippen LogP contribution in [0.2, 0.25) is 0 Å². The second-order valence-electron chi connectivity index (χ2n) is 3.79.